The zero-order valence-electron chi connectivity index (χ0n) is 14.0. The van der Waals surface area contributed by atoms with Crippen LogP contribution in [0.2, 0.25) is 5.02 Å². The number of aliphatic imine (C=N–C) groups is 1. The molecule has 25 heavy (non-hydrogen) atoms. The van der Waals surface area contributed by atoms with E-state index in [0.29, 0.717) is 16.8 Å². The maximum absolute atomic E-state index is 12.8. The highest BCUT2D eigenvalue weighted by molar-refractivity contribution is 8.14. The van der Waals surface area contributed by atoms with Gasteiger partial charge in [-0.1, -0.05) is 60.6 Å². The molecule has 2 aromatic carbocycles. The van der Waals surface area contributed by atoms with Crippen molar-refractivity contribution in [3.8, 4) is 0 Å². The molecule has 0 saturated carbocycles. The molecule has 2 aromatic rings. The number of nitrogens with zero attached hydrogens (tertiary/aromatic N) is 2. The van der Waals surface area contributed by atoms with Gasteiger partial charge in [-0.15, -0.1) is 0 Å². The van der Waals surface area contributed by atoms with E-state index in [0.717, 1.165) is 23.8 Å². The van der Waals surface area contributed by atoms with Gasteiger partial charge in [-0.05, 0) is 36.2 Å². The van der Waals surface area contributed by atoms with Crippen LogP contribution < -0.4 is 5.32 Å². The molecule has 0 bridgehead atoms. The van der Waals surface area contributed by atoms with Crippen LogP contribution >= 0.6 is 23.4 Å². The predicted octanol–water partition coefficient (Wildman–Crippen LogP) is 4.91. The molecule has 1 aliphatic rings. The van der Waals surface area contributed by atoms with Crippen LogP contribution in [0, 0.1) is 0 Å². The third-order valence-electron chi connectivity index (χ3n) is 3.83. The summed E-state index contributed by atoms with van der Waals surface area (Å²) in [4.78, 5) is 19.1. The first-order valence-electron chi connectivity index (χ1n) is 8.21. The fourth-order valence-electron chi connectivity index (χ4n) is 2.50. The second-order valence-corrected chi connectivity index (χ2v) is 7.72. The van der Waals surface area contributed by atoms with Gasteiger partial charge < -0.3 is 5.32 Å². The molecule has 0 saturated heterocycles. The highest BCUT2D eigenvalue weighted by atomic mass is 35.5. The number of hydrogen-bond donors (Lipinski definition) is 1. The zero-order valence-corrected chi connectivity index (χ0v) is 15.6. The predicted molar refractivity (Wildman–Crippen MR) is 107 cm³/mol. The van der Waals surface area contributed by atoms with E-state index < -0.39 is 0 Å². The molecule has 0 aromatic heterocycles. The van der Waals surface area contributed by atoms with Gasteiger partial charge in [-0.3, -0.25) is 9.89 Å². The molecule has 4 nitrogen and oxygen atoms in total. The Balaban J connectivity index is 1.71. The normalized spacial score (nSPS) is 16.4. The van der Waals surface area contributed by atoms with E-state index in [1.165, 1.54) is 5.56 Å². The SMILES string of the molecule is C[C@H]1CN=C(N(CCc2ccccc2)C(=O)Nc2ccc(Cl)cc2)S1. The number of amides is 2. The number of nitrogens with one attached hydrogen (secondary N) is 1. The summed E-state index contributed by atoms with van der Waals surface area (Å²) in [5.74, 6) is 0. The second kappa shape index (κ2) is 8.41. The number of halogens is 1. The van der Waals surface area contributed by atoms with Gasteiger partial charge in [-0.25, -0.2) is 4.79 Å². The maximum atomic E-state index is 12.8. The van der Waals surface area contributed by atoms with Crippen molar-refractivity contribution in [2.24, 2.45) is 4.99 Å². The molecule has 1 atom stereocenters. The largest absolute Gasteiger partial charge is 0.327 e. The third-order valence-corrected chi connectivity index (χ3v) is 5.19. The van der Waals surface area contributed by atoms with Crippen LogP contribution in [0.1, 0.15) is 12.5 Å². The van der Waals surface area contributed by atoms with E-state index in [4.69, 9.17) is 11.6 Å². The summed E-state index contributed by atoms with van der Waals surface area (Å²) in [5.41, 5.74) is 1.92. The molecule has 1 N–H and O–H groups in total. The van der Waals surface area contributed by atoms with Crippen LogP contribution in [0.15, 0.2) is 59.6 Å². The monoisotopic (exact) mass is 373 g/mol. The van der Waals surface area contributed by atoms with Crippen LogP contribution in [0.4, 0.5) is 10.5 Å². The van der Waals surface area contributed by atoms with E-state index >= 15 is 0 Å². The lowest BCUT2D eigenvalue weighted by Crippen LogP contribution is -2.39. The molecular formula is C19H20ClN3OS. The van der Waals surface area contributed by atoms with E-state index in [9.17, 15) is 4.79 Å². The van der Waals surface area contributed by atoms with Crippen molar-refractivity contribution in [3.05, 3.63) is 65.2 Å². The quantitative estimate of drug-likeness (QED) is 0.827. The highest BCUT2D eigenvalue weighted by Gasteiger charge is 2.25. The maximum Gasteiger partial charge on any atom is 0.327 e. The molecule has 1 aliphatic heterocycles. The second-order valence-electron chi connectivity index (χ2n) is 5.88. The van der Waals surface area contributed by atoms with Crippen LogP contribution in [-0.2, 0) is 6.42 Å². The summed E-state index contributed by atoms with van der Waals surface area (Å²) in [7, 11) is 0. The smallest absolute Gasteiger partial charge is 0.307 e. The topological polar surface area (TPSA) is 44.7 Å². The molecule has 6 heteroatoms. The number of carbonyl (C=O) groups is 1. The van der Waals surface area contributed by atoms with E-state index in [1.54, 1.807) is 40.9 Å². The van der Waals surface area contributed by atoms with Crippen LogP contribution in [0.3, 0.4) is 0 Å². The zero-order chi connectivity index (χ0) is 17.6. The molecule has 130 valence electrons. The first kappa shape index (κ1) is 17.8. The van der Waals surface area contributed by atoms with Crippen LogP contribution in [-0.4, -0.2) is 34.4 Å². The van der Waals surface area contributed by atoms with Crippen LogP contribution in [0.25, 0.3) is 0 Å². The average molecular weight is 374 g/mol. The van der Waals surface area contributed by atoms with Gasteiger partial charge in [-0.2, -0.15) is 0 Å². The lowest BCUT2D eigenvalue weighted by atomic mass is 10.1. The number of amidine groups is 1. The Bertz CT molecular complexity index is 749. The van der Waals surface area contributed by atoms with Crippen molar-refractivity contribution in [1.82, 2.24) is 4.90 Å². The summed E-state index contributed by atoms with van der Waals surface area (Å²) in [6.45, 7) is 3.45. The Morgan fingerprint density at radius 2 is 1.96 bits per heavy atom. The van der Waals surface area contributed by atoms with Crippen molar-refractivity contribution in [1.29, 1.82) is 0 Å². The van der Waals surface area contributed by atoms with Crippen molar-refractivity contribution in [3.63, 3.8) is 0 Å². The van der Waals surface area contributed by atoms with Gasteiger partial charge in [0.15, 0.2) is 5.17 Å². The van der Waals surface area contributed by atoms with Gasteiger partial charge >= 0.3 is 6.03 Å². The Hall–Kier alpha value is -1.98. The number of benzene rings is 2. The fraction of sp³-hybridized carbons (Fsp3) is 0.263. The van der Waals surface area contributed by atoms with Crippen molar-refractivity contribution < 1.29 is 4.79 Å². The molecule has 3 rings (SSSR count). The molecule has 2 amide bonds. The number of anilines is 1. The Labute approximate surface area is 157 Å². The van der Waals surface area contributed by atoms with Gasteiger partial charge in [0, 0.05) is 22.5 Å². The lowest BCUT2D eigenvalue weighted by molar-refractivity contribution is 0.234. The summed E-state index contributed by atoms with van der Waals surface area (Å²) in [5, 5.41) is 4.76. The molecule has 0 unspecified atom stereocenters. The number of hydrogen-bond acceptors (Lipinski definition) is 3. The van der Waals surface area contributed by atoms with Gasteiger partial charge in [0.25, 0.3) is 0 Å². The molecule has 0 spiro atoms. The average Bonchev–Trinajstić information content (AvgIpc) is 3.04. The standard InChI is InChI=1S/C19H20ClN3OS/c1-14-13-21-19(25-14)23(12-11-15-5-3-2-4-6-15)18(24)22-17-9-7-16(20)8-10-17/h2-10,14H,11-13H2,1H3,(H,22,24)/t14-/m0/s1. The van der Waals surface area contributed by atoms with Gasteiger partial charge in [0.05, 0.1) is 6.54 Å². The number of rotatable bonds is 4. The Morgan fingerprint density at radius 1 is 1.24 bits per heavy atom. The Morgan fingerprint density at radius 3 is 2.60 bits per heavy atom. The summed E-state index contributed by atoms with van der Waals surface area (Å²) in [6.07, 6.45) is 0.781. The molecule has 1 heterocycles. The third kappa shape index (κ3) is 5.00. The summed E-state index contributed by atoms with van der Waals surface area (Å²) in [6, 6.07) is 17.1. The first-order chi connectivity index (χ1) is 12.1. The van der Waals surface area contributed by atoms with Crippen molar-refractivity contribution >= 4 is 40.2 Å². The van der Waals surface area contributed by atoms with E-state index in [-0.39, 0.29) is 6.03 Å². The number of urea groups is 1. The minimum atomic E-state index is -0.168. The molecule has 0 aliphatic carbocycles. The minimum Gasteiger partial charge on any atom is -0.307 e. The lowest BCUT2D eigenvalue weighted by Gasteiger charge is -2.23. The fourth-order valence-corrected chi connectivity index (χ4v) is 3.59. The van der Waals surface area contributed by atoms with Crippen LogP contribution in [0.5, 0.6) is 0 Å². The van der Waals surface area contributed by atoms with E-state index in [2.05, 4.69) is 29.4 Å². The molecular weight excluding hydrogens is 354 g/mol. The molecule has 0 fully saturated rings. The van der Waals surface area contributed by atoms with Crippen molar-refractivity contribution in [2.45, 2.75) is 18.6 Å². The van der Waals surface area contributed by atoms with Gasteiger partial charge in [0.1, 0.15) is 0 Å². The number of thioether (sulfide) groups is 1. The number of carbonyl (C=O) groups excluding carboxylic acids is 1. The Kier molecular flexibility index (Phi) is 6.00. The van der Waals surface area contributed by atoms with Gasteiger partial charge in [0.2, 0.25) is 0 Å². The summed E-state index contributed by atoms with van der Waals surface area (Å²) >= 11 is 7.55. The minimum absolute atomic E-state index is 0.168. The first-order valence-corrected chi connectivity index (χ1v) is 9.47. The van der Waals surface area contributed by atoms with Crippen molar-refractivity contribution in [2.75, 3.05) is 18.4 Å². The molecule has 0 radical (unpaired) electrons. The van der Waals surface area contributed by atoms with E-state index in [1.807, 2.05) is 18.2 Å². The summed E-state index contributed by atoms with van der Waals surface area (Å²) < 4.78 is 0. The highest BCUT2D eigenvalue weighted by Crippen LogP contribution is 2.24.